The second kappa shape index (κ2) is 10.7. The standard InChI is InChI=1S/C30H39N5O3S/c1-21-29(22(2)32-20-31-21)30(36)34-18-25-16-33(17-26(25)19-34)13-12-28(23-6-4-3-5-7-23)24-10-14-35(15-11-24)39(37,38)27-8-9-27/h3-7,16,20,24,26-28H,8-15,17-19H2,1-2H3. The fraction of sp³-hybridized carbons (Fsp3) is 0.567. The molecule has 6 rings (SSSR count). The van der Waals surface area contributed by atoms with E-state index in [4.69, 9.17) is 0 Å². The van der Waals surface area contributed by atoms with Crippen molar-refractivity contribution in [1.82, 2.24) is 24.1 Å². The number of aryl methyl sites for hydroxylation is 2. The van der Waals surface area contributed by atoms with Gasteiger partial charge in [-0.1, -0.05) is 30.3 Å². The minimum absolute atomic E-state index is 0.0339. The van der Waals surface area contributed by atoms with Crippen LogP contribution in [0, 0.1) is 25.7 Å². The molecule has 1 aromatic carbocycles. The SMILES string of the molecule is Cc1ncnc(C)c1C(=O)N1CC2=CN(CCC(c3ccccc3)C3CCN(S(=O)(=O)C4CC4)CC3)CC2C1. The van der Waals surface area contributed by atoms with Crippen LogP contribution in [-0.2, 0) is 10.0 Å². The summed E-state index contributed by atoms with van der Waals surface area (Å²) in [6.07, 6.45) is 8.35. The Morgan fingerprint density at radius 1 is 1.00 bits per heavy atom. The number of hydrogen-bond donors (Lipinski definition) is 0. The van der Waals surface area contributed by atoms with E-state index in [1.165, 1.54) is 17.5 Å². The first-order valence-corrected chi connectivity index (χ1v) is 15.9. The van der Waals surface area contributed by atoms with E-state index in [1.54, 1.807) is 4.31 Å². The Hall–Kier alpha value is -2.78. The summed E-state index contributed by atoms with van der Waals surface area (Å²) in [6.45, 7) is 8.38. The maximum Gasteiger partial charge on any atom is 0.257 e. The lowest BCUT2D eigenvalue weighted by atomic mass is 9.78. The van der Waals surface area contributed by atoms with Crippen LogP contribution in [0.15, 0.2) is 48.4 Å². The van der Waals surface area contributed by atoms with Gasteiger partial charge in [0.25, 0.3) is 5.91 Å². The Balaban J connectivity index is 1.08. The van der Waals surface area contributed by atoms with Gasteiger partial charge >= 0.3 is 0 Å². The molecule has 39 heavy (non-hydrogen) atoms. The zero-order chi connectivity index (χ0) is 27.1. The summed E-state index contributed by atoms with van der Waals surface area (Å²) >= 11 is 0. The van der Waals surface area contributed by atoms with E-state index in [2.05, 4.69) is 51.4 Å². The van der Waals surface area contributed by atoms with Crippen molar-refractivity contribution in [3.63, 3.8) is 0 Å². The molecule has 1 aliphatic carbocycles. The molecule has 4 heterocycles. The predicted molar refractivity (Wildman–Crippen MR) is 151 cm³/mol. The zero-order valence-corrected chi connectivity index (χ0v) is 23.8. The summed E-state index contributed by atoms with van der Waals surface area (Å²) in [5.41, 5.74) is 4.81. The summed E-state index contributed by atoms with van der Waals surface area (Å²) in [7, 11) is -3.09. The predicted octanol–water partition coefficient (Wildman–Crippen LogP) is 3.74. The minimum atomic E-state index is -3.09. The van der Waals surface area contributed by atoms with Gasteiger partial charge < -0.3 is 9.80 Å². The molecule has 0 N–H and O–H groups in total. The Morgan fingerprint density at radius 3 is 2.33 bits per heavy atom. The summed E-state index contributed by atoms with van der Waals surface area (Å²) in [4.78, 5) is 26.1. The topological polar surface area (TPSA) is 86.7 Å². The maximum atomic E-state index is 13.2. The van der Waals surface area contributed by atoms with Crippen LogP contribution in [-0.4, -0.2) is 82.9 Å². The second-order valence-corrected chi connectivity index (χ2v) is 14.0. The third-order valence-electron chi connectivity index (χ3n) is 9.20. The fourth-order valence-electron chi connectivity index (χ4n) is 6.85. The van der Waals surface area contributed by atoms with Gasteiger partial charge in [-0.2, -0.15) is 0 Å². The Bertz CT molecular complexity index is 1330. The molecule has 2 atom stereocenters. The molecule has 1 saturated carbocycles. The van der Waals surface area contributed by atoms with Crippen LogP contribution in [0.5, 0.6) is 0 Å². The normalized spacial score (nSPS) is 23.1. The highest BCUT2D eigenvalue weighted by Crippen LogP contribution is 2.39. The molecule has 2 aromatic rings. The van der Waals surface area contributed by atoms with Crippen LogP contribution >= 0.6 is 0 Å². The summed E-state index contributed by atoms with van der Waals surface area (Å²) in [5, 5.41) is -0.123. The third kappa shape index (κ3) is 5.35. The largest absolute Gasteiger partial charge is 0.377 e. The third-order valence-corrected chi connectivity index (χ3v) is 11.6. The lowest BCUT2D eigenvalue weighted by Gasteiger charge is -2.36. The number of carbonyl (C=O) groups is 1. The number of benzene rings is 1. The van der Waals surface area contributed by atoms with Crippen molar-refractivity contribution in [2.45, 2.75) is 57.1 Å². The van der Waals surface area contributed by atoms with Crippen molar-refractivity contribution >= 4 is 15.9 Å². The fourth-order valence-corrected chi connectivity index (χ4v) is 8.72. The molecule has 3 fully saturated rings. The molecule has 9 heteroatoms. The van der Waals surface area contributed by atoms with E-state index in [0.29, 0.717) is 43.0 Å². The van der Waals surface area contributed by atoms with Crippen molar-refractivity contribution in [1.29, 1.82) is 0 Å². The molecule has 0 radical (unpaired) electrons. The Labute approximate surface area is 232 Å². The average molecular weight is 550 g/mol. The van der Waals surface area contributed by atoms with E-state index in [1.807, 2.05) is 18.7 Å². The van der Waals surface area contributed by atoms with Gasteiger partial charge in [-0.3, -0.25) is 4.79 Å². The second-order valence-electron chi connectivity index (χ2n) is 11.8. The molecule has 1 amide bonds. The Kier molecular flexibility index (Phi) is 7.22. The summed E-state index contributed by atoms with van der Waals surface area (Å²) < 4.78 is 27.3. The number of rotatable bonds is 8. The molecule has 208 valence electrons. The molecule has 2 unspecified atom stereocenters. The van der Waals surface area contributed by atoms with Gasteiger partial charge in [-0.25, -0.2) is 22.7 Å². The number of fused-ring (bicyclic) bond motifs is 1. The minimum Gasteiger partial charge on any atom is -0.377 e. The van der Waals surface area contributed by atoms with Crippen LogP contribution in [0.1, 0.15) is 65.3 Å². The van der Waals surface area contributed by atoms with Crippen molar-refractivity contribution in [2.75, 3.05) is 39.3 Å². The van der Waals surface area contributed by atoms with Gasteiger partial charge in [0.15, 0.2) is 0 Å². The molecule has 4 aliphatic rings. The van der Waals surface area contributed by atoms with Crippen molar-refractivity contribution in [3.8, 4) is 0 Å². The van der Waals surface area contributed by atoms with Crippen molar-refractivity contribution in [3.05, 3.63) is 70.9 Å². The number of carbonyl (C=O) groups excluding carboxylic acids is 1. The van der Waals surface area contributed by atoms with Gasteiger partial charge in [0.05, 0.1) is 22.2 Å². The number of aromatic nitrogens is 2. The number of likely N-dealkylation sites (tertiary alicyclic amines) is 1. The van der Waals surface area contributed by atoms with Crippen LogP contribution in [0.2, 0.25) is 0 Å². The zero-order valence-electron chi connectivity index (χ0n) is 23.0. The van der Waals surface area contributed by atoms with Crippen molar-refractivity contribution in [2.24, 2.45) is 11.8 Å². The van der Waals surface area contributed by atoms with Crippen LogP contribution in [0.4, 0.5) is 0 Å². The van der Waals surface area contributed by atoms with Crippen LogP contribution < -0.4 is 0 Å². The summed E-state index contributed by atoms with van der Waals surface area (Å²) in [6, 6.07) is 10.8. The van der Waals surface area contributed by atoms with E-state index in [0.717, 1.165) is 63.1 Å². The quantitative estimate of drug-likeness (QED) is 0.499. The molecule has 8 nitrogen and oxygen atoms in total. The highest BCUT2D eigenvalue weighted by atomic mass is 32.2. The van der Waals surface area contributed by atoms with E-state index < -0.39 is 10.0 Å². The average Bonchev–Trinajstić information content (AvgIpc) is 3.62. The first-order valence-electron chi connectivity index (χ1n) is 14.4. The molecule has 2 saturated heterocycles. The van der Waals surface area contributed by atoms with Gasteiger partial charge in [-0.05, 0) is 68.9 Å². The number of hydrogen-bond acceptors (Lipinski definition) is 6. The highest BCUT2D eigenvalue weighted by molar-refractivity contribution is 7.90. The first kappa shape index (κ1) is 26.4. The molecule has 1 aromatic heterocycles. The molecular formula is C30H39N5O3S. The number of sulfonamides is 1. The Morgan fingerprint density at radius 2 is 1.69 bits per heavy atom. The van der Waals surface area contributed by atoms with E-state index in [9.17, 15) is 13.2 Å². The van der Waals surface area contributed by atoms with Crippen LogP contribution in [0.3, 0.4) is 0 Å². The molecular weight excluding hydrogens is 510 g/mol. The lowest BCUT2D eigenvalue weighted by molar-refractivity contribution is 0.0782. The number of amides is 1. The van der Waals surface area contributed by atoms with E-state index >= 15 is 0 Å². The van der Waals surface area contributed by atoms with Crippen LogP contribution in [0.25, 0.3) is 0 Å². The van der Waals surface area contributed by atoms with Gasteiger partial charge in [0, 0.05) is 51.4 Å². The summed E-state index contributed by atoms with van der Waals surface area (Å²) in [5.74, 6) is 1.32. The monoisotopic (exact) mass is 549 g/mol. The highest BCUT2D eigenvalue weighted by Gasteiger charge is 2.42. The molecule has 3 aliphatic heterocycles. The van der Waals surface area contributed by atoms with Crippen molar-refractivity contribution < 1.29 is 13.2 Å². The maximum absolute atomic E-state index is 13.2. The molecule has 0 spiro atoms. The van der Waals surface area contributed by atoms with Gasteiger partial charge in [0.1, 0.15) is 6.33 Å². The van der Waals surface area contributed by atoms with E-state index in [-0.39, 0.29) is 11.2 Å². The molecule has 0 bridgehead atoms. The number of piperidine rings is 1. The smallest absolute Gasteiger partial charge is 0.257 e. The lowest BCUT2D eigenvalue weighted by Crippen LogP contribution is -2.41. The van der Waals surface area contributed by atoms with Gasteiger partial charge in [0.2, 0.25) is 10.0 Å². The van der Waals surface area contributed by atoms with Gasteiger partial charge in [-0.15, -0.1) is 0 Å². The first-order chi connectivity index (χ1) is 18.8. The number of nitrogens with zero attached hydrogens (tertiary/aromatic N) is 5.